The molecule has 0 bridgehead atoms. The molecule has 0 spiro atoms. The smallest absolute Gasteiger partial charge is 0.187 e. The molecule has 402 valence electrons. The summed E-state index contributed by atoms with van der Waals surface area (Å²) in [7, 11) is 0. The molecule has 2 heterocycles. The molecule has 0 radical (unpaired) electrons. The van der Waals surface area contributed by atoms with E-state index in [-0.39, 0.29) is 33.0 Å². The van der Waals surface area contributed by atoms with Gasteiger partial charge in [0.25, 0.3) is 0 Å². The zero-order valence-electron chi connectivity index (χ0n) is 43.7. The predicted octanol–water partition coefficient (Wildman–Crippen LogP) is 13.0. The molecule has 0 aliphatic carbocycles. The highest BCUT2D eigenvalue weighted by Gasteiger charge is 2.54. The second kappa shape index (κ2) is 29.6. The third kappa shape index (κ3) is 16.2. The summed E-state index contributed by atoms with van der Waals surface area (Å²) in [6, 6.07) is 81.2. The van der Waals surface area contributed by atoms with Gasteiger partial charge in [0.2, 0.25) is 0 Å². The summed E-state index contributed by atoms with van der Waals surface area (Å²) in [4.78, 5) is 1.02. The zero-order chi connectivity index (χ0) is 52.8. The first-order chi connectivity index (χ1) is 38.7. The average molecular weight is 1070 g/mol. The fourth-order valence-electron chi connectivity index (χ4n) is 9.68. The summed E-state index contributed by atoms with van der Waals surface area (Å²) in [6.07, 6.45) is -7.03. The van der Waals surface area contributed by atoms with Gasteiger partial charge in [-0.25, -0.2) is 0 Å². The molecule has 0 N–H and O–H groups in total. The lowest BCUT2D eigenvalue weighted by atomic mass is 9.96. The number of thioether (sulfide) groups is 1. The van der Waals surface area contributed by atoms with Crippen LogP contribution in [0.5, 0.6) is 0 Å². The summed E-state index contributed by atoms with van der Waals surface area (Å²) in [6.45, 7) is 2.38. The van der Waals surface area contributed by atoms with Crippen LogP contribution in [0, 0.1) is 0 Å². The van der Waals surface area contributed by atoms with Crippen LogP contribution in [0.2, 0.25) is 0 Å². The van der Waals surface area contributed by atoms with Crippen LogP contribution in [0.1, 0.15) is 38.9 Å². The third-order valence-electron chi connectivity index (χ3n) is 13.7. The van der Waals surface area contributed by atoms with Gasteiger partial charge >= 0.3 is 0 Å². The lowest BCUT2D eigenvalue weighted by Crippen LogP contribution is -2.66. The van der Waals surface area contributed by atoms with Gasteiger partial charge < -0.3 is 47.4 Å². The molecule has 10 rings (SSSR count). The van der Waals surface area contributed by atoms with Crippen molar-refractivity contribution in [1.29, 1.82) is 0 Å². The second-order valence-electron chi connectivity index (χ2n) is 19.4. The molecule has 78 heavy (non-hydrogen) atoms. The largest absolute Gasteiger partial charge is 0.374 e. The summed E-state index contributed by atoms with van der Waals surface area (Å²) in [5.41, 5.74) is 6.48. The molecule has 10 atom stereocenters. The van der Waals surface area contributed by atoms with Gasteiger partial charge in [0.15, 0.2) is 6.29 Å². The Morgan fingerprint density at radius 1 is 0.282 bits per heavy atom. The normalized spacial score (nSPS) is 23.2. The Morgan fingerprint density at radius 3 is 0.962 bits per heavy atom. The molecule has 0 amide bonds. The number of hydrogen-bond acceptors (Lipinski definition) is 11. The van der Waals surface area contributed by atoms with E-state index in [1.54, 1.807) is 11.8 Å². The first-order valence-corrected chi connectivity index (χ1v) is 27.8. The van der Waals surface area contributed by atoms with E-state index >= 15 is 0 Å². The van der Waals surface area contributed by atoms with Crippen molar-refractivity contribution < 1.29 is 47.4 Å². The highest BCUT2D eigenvalue weighted by molar-refractivity contribution is 7.99. The van der Waals surface area contributed by atoms with Crippen LogP contribution in [-0.2, 0) is 93.6 Å². The van der Waals surface area contributed by atoms with E-state index in [2.05, 4.69) is 84.9 Å². The molecular weight excluding hydrogens is 997 g/mol. The van der Waals surface area contributed by atoms with Crippen LogP contribution in [-0.4, -0.2) is 73.8 Å². The van der Waals surface area contributed by atoms with Crippen LogP contribution in [0.25, 0.3) is 0 Å². The molecule has 0 aromatic heterocycles. The lowest BCUT2D eigenvalue weighted by molar-refractivity contribution is -0.360. The Labute approximate surface area is 463 Å². The van der Waals surface area contributed by atoms with Crippen LogP contribution < -0.4 is 0 Å². The number of rotatable bonds is 27. The molecule has 2 aliphatic heterocycles. The van der Waals surface area contributed by atoms with Gasteiger partial charge in [0.05, 0.1) is 59.5 Å². The van der Waals surface area contributed by atoms with E-state index in [4.69, 9.17) is 47.4 Å². The van der Waals surface area contributed by atoms with E-state index in [1.165, 1.54) is 0 Å². The van der Waals surface area contributed by atoms with Crippen LogP contribution in [0.3, 0.4) is 0 Å². The van der Waals surface area contributed by atoms with Gasteiger partial charge in [-0.3, -0.25) is 0 Å². The van der Waals surface area contributed by atoms with Gasteiger partial charge in [0.1, 0.15) is 54.3 Å². The van der Waals surface area contributed by atoms with E-state index in [1.807, 2.05) is 158 Å². The van der Waals surface area contributed by atoms with E-state index in [9.17, 15) is 0 Å². The molecule has 0 unspecified atom stereocenters. The topological polar surface area (TPSA) is 92.3 Å². The fraction of sp³-hybridized carbons (Fsp3) is 0.284. The van der Waals surface area contributed by atoms with E-state index in [0.717, 1.165) is 43.8 Å². The number of hydrogen-bond donors (Lipinski definition) is 0. The van der Waals surface area contributed by atoms with E-state index in [0.29, 0.717) is 26.4 Å². The lowest BCUT2D eigenvalue weighted by Gasteiger charge is -2.50. The monoisotopic (exact) mass is 1060 g/mol. The van der Waals surface area contributed by atoms with Gasteiger partial charge in [-0.05, 0) is 51.1 Å². The highest BCUT2D eigenvalue weighted by atomic mass is 32.2. The van der Waals surface area contributed by atoms with Crippen LogP contribution in [0.15, 0.2) is 248 Å². The Kier molecular flexibility index (Phi) is 20.9. The Bertz CT molecular complexity index is 2880. The minimum absolute atomic E-state index is 0.155. The zero-order valence-corrected chi connectivity index (χ0v) is 44.5. The molecule has 2 saturated heterocycles. The molecule has 10 nitrogen and oxygen atoms in total. The maximum Gasteiger partial charge on any atom is 0.187 e. The number of benzene rings is 8. The molecule has 11 heteroatoms. The minimum atomic E-state index is -1.09. The molecule has 8 aromatic rings. The summed E-state index contributed by atoms with van der Waals surface area (Å²) < 4.78 is 71.3. The van der Waals surface area contributed by atoms with Crippen molar-refractivity contribution in [2.75, 3.05) is 13.2 Å². The first kappa shape index (κ1) is 55.0. The quantitative estimate of drug-likeness (QED) is 0.0493. The minimum Gasteiger partial charge on any atom is -0.374 e. The average Bonchev–Trinajstić information content (AvgIpc) is 3.51. The van der Waals surface area contributed by atoms with Crippen molar-refractivity contribution in [3.05, 3.63) is 282 Å². The van der Waals surface area contributed by atoms with Gasteiger partial charge in [-0.2, -0.15) is 0 Å². The Balaban J connectivity index is 1.06. The van der Waals surface area contributed by atoms with Crippen LogP contribution >= 0.6 is 11.8 Å². The van der Waals surface area contributed by atoms with Crippen molar-refractivity contribution in [3.8, 4) is 0 Å². The third-order valence-corrected chi connectivity index (χ3v) is 14.8. The molecule has 0 saturated carbocycles. The molecule has 8 aromatic carbocycles. The van der Waals surface area contributed by atoms with Gasteiger partial charge in [-0.1, -0.05) is 242 Å². The maximum absolute atomic E-state index is 7.66. The van der Waals surface area contributed by atoms with Crippen molar-refractivity contribution >= 4 is 11.8 Å². The summed E-state index contributed by atoms with van der Waals surface area (Å²) >= 11 is 1.59. The van der Waals surface area contributed by atoms with Gasteiger partial charge in [0, 0.05) is 4.90 Å². The fourth-order valence-corrected chi connectivity index (χ4v) is 10.8. The van der Waals surface area contributed by atoms with Crippen molar-refractivity contribution in [2.45, 2.75) is 112 Å². The van der Waals surface area contributed by atoms with Gasteiger partial charge in [-0.15, -0.1) is 0 Å². The van der Waals surface area contributed by atoms with Crippen molar-refractivity contribution in [1.82, 2.24) is 0 Å². The Morgan fingerprint density at radius 2 is 0.577 bits per heavy atom. The first-order valence-electron chi connectivity index (χ1n) is 26.9. The maximum atomic E-state index is 7.66. The standard InChI is InChI=1S/C67H68O10S/c1-9-25-50(26-10-1)41-68-48-58-60(70-43-52-29-13-3-14-30-52)62(71-44-53-31-15-4-16-32-53)64(73-46-55-35-19-6-20-36-55)66(75-58)77-61-59(49-69-42-51-27-11-2-12-28-51)76-67(78-57-39-23-8-24-40-57)65(74-47-56-37-21-7-22-38-56)63(61)72-45-54-33-17-5-18-34-54/h1-40,58-67H,41-49H2/t58-,59-,60-,61-,62+,63+,64+,65+,66-,67-/m1/s1. The molecule has 2 aliphatic rings. The van der Waals surface area contributed by atoms with Crippen molar-refractivity contribution in [3.63, 3.8) is 0 Å². The highest BCUT2D eigenvalue weighted by Crippen LogP contribution is 2.41. The summed E-state index contributed by atoms with van der Waals surface area (Å²) in [5, 5.41) is 0. The van der Waals surface area contributed by atoms with Crippen LogP contribution in [0.4, 0.5) is 0 Å². The second-order valence-corrected chi connectivity index (χ2v) is 20.6. The molecule has 2 fully saturated rings. The Hall–Kier alpha value is -6.29. The molecular formula is C67H68O10S. The van der Waals surface area contributed by atoms with E-state index < -0.39 is 60.6 Å². The van der Waals surface area contributed by atoms with Crippen molar-refractivity contribution in [2.24, 2.45) is 0 Å². The SMILES string of the molecule is c1ccc(COC[C@H]2O[C@H](O[C@H]3[C@H](OCc4ccccc4)[C@H](OCc4ccccc4)[C@@H](Sc4ccccc4)O[C@@H]3COCc3ccccc3)[C@@H](OCc3ccccc3)[C@@H](OCc3ccccc3)[C@@H]2OCc2ccccc2)cc1. The predicted molar refractivity (Wildman–Crippen MR) is 302 cm³/mol. The number of ether oxygens (including phenoxy) is 10. The summed E-state index contributed by atoms with van der Waals surface area (Å²) in [5.74, 6) is 0.